The van der Waals surface area contributed by atoms with Crippen LogP contribution in [0, 0.1) is 0 Å². The fourth-order valence-electron chi connectivity index (χ4n) is 3.76. The number of nitrogens with zero attached hydrogens (tertiary/aromatic N) is 1. The third kappa shape index (κ3) is 3.51. The van der Waals surface area contributed by atoms with Crippen molar-refractivity contribution in [3.8, 4) is 11.1 Å². The van der Waals surface area contributed by atoms with Gasteiger partial charge in [-0.15, -0.1) is 0 Å². The van der Waals surface area contributed by atoms with Gasteiger partial charge in [0.2, 0.25) is 0 Å². The molecule has 1 aliphatic rings. The van der Waals surface area contributed by atoms with Crippen LogP contribution in [0.3, 0.4) is 0 Å². The summed E-state index contributed by atoms with van der Waals surface area (Å²) in [4.78, 5) is 25.5. The zero-order valence-electron chi connectivity index (χ0n) is 15.6. The van der Waals surface area contributed by atoms with E-state index in [9.17, 15) is 14.7 Å². The molecular formula is C23H18BrNO4. The Bertz CT molecular complexity index is 1070. The molecule has 0 saturated carbocycles. The molecule has 1 aliphatic carbocycles. The number of anilines is 1. The fourth-order valence-corrected chi connectivity index (χ4v) is 4.12. The molecule has 0 bridgehead atoms. The molecular weight excluding hydrogens is 434 g/mol. The lowest BCUT2D eigenvalue weighted by atomic mass is 9.98. The smallest absolute Gasteiger partial charge is 0.414 e. The normalized spacial score (nSPS) is 12.2. The van der Waals surface area contributed by atoms with Crippen molar-refractivity contribution in [2.45, 2.75) is 5.92 Å². The largest absolute Gasteiger partial charge is 0.478 e. The van der Waals surface area contributed by atoms with Gasteiger partial charge in [0.05, 0.1) is 11.3 Å². The highest BCUT2D eigenvalue weighted by Gasteiger charge is 2.30. The maximum Gasteiger partial charge on any atom is 0.414 e. The number of amides is 1. The van der Waals surface area contributed by atoms with Crippen molar-refractivity contribution in [2.75, 3.05) is 18.6 Å². The molecule has 29 heavy (non-hydrogen) atoms. The van der Waals surface area contributed by atoms with Crippen molar-refractivity contribution >= 4 is 33.7 Å². The Labute approximate surface area is 176 Å². The van der Waals surface area contributed by atoms with E-state index < -0.39 is 12.1 Å². The van der Waals surface area contributed by atoms with Crippen molar-refractivity contribution in [3.63, 3.8) is 0 Å². The van der Waals surface area contributed by atoms with Gasteiger partial charge in [-0.1, -0.05) is 64.5 Å². The van der Waals surface area contributed by atoms with Crippen molar-refractivity contribution in [2.24, 2.45) is 0 Å². The van der Waals surface area contributed by atoms with Gasteiger partial charge in [-0.3, -0.25) is 4.90 Å². The predicted octanol–water partition coefficient (Wildman–Crippen LogP) is 5.53. The first-order valence-electron chi connectivity index (χ1n) is 9.09. The highest BCUT2D eigenvalue weighted by molar-refractivity contribution is 9.10. The molecule has 1 amide bonds. The van der Waals surface area contributed by atoms with E-state index in [4.69, 9.17) is 4.74 Å². The molecule has 0 unspecified atom stereocenters. The molecule has 3 aromatic rings. The van der Waals surface area contributed by atoms with E-state index in [2.05, 4.69) is 40.2 Å². The molecule has 0 heterocycles. The lowest BCUT2D eigenvalue weighted by molar-refractivity contribution is 0.0697. The van der Waals surface area contributed by atoms with Crippen molar-refractivity contribution in [1.29, 1.82) is 0 Å². The van der Waals surface area contributed by atoms with Gasteiger partial charge < -0.3 is 9.84 Å². The lowest BCUT2D eigenvalue weighted by Crippen LogP contribution is -2.30. The standard InChI is InChI=1S/C23H18BrNO4/c1-25(21-11-10-14(24)12-19(21)22(26)27)23(28)29-13-20-17-8-4-2-6-15(17)16-7-3-5-9-18(16)20/h2-12,20H,13H2,1H3,(H,26,27). The number of carboxylic acid groups (broad SMARTS) is 1. The summed E-state index contributed by atoms with van der Waals surface area (Å²) in [7, 11) is 1.51. The molecule has 0 atom stereocenters. The summed E-state index contributed by atoms with van der Waals surface area (Å²) in [6.45, 7) is 0.177. The Morgan fingerprint density at radius 3 is 2.17 bits per heavy atom. The monoisotopic (exact) mass is 451 g/mol. The van der Waals surface area contributed by atoms with E-state index in [0.29, 0.717) is 4.47 Å². The molecule has 0 aliphatic heterocycles. The molecule has 0 aromatic heterocycles. The fraction of sp³-hybridized carbons (Fsp3) is 0.130. The number of carbonyl (C=O) groups is 2. The summed E-state index contributed by atoms with van der Waals surface area (Å²) < 4.78 is 6.23. The summed E-state index contributed by atoms with van der Waals surface area (Å²) >= 11 is 3.26. The first kappa shape index (κ1) is 19.2. The molecule has 0 fully saturated rings. The number of fused-ring (bicyclic) bond motifs is 3. The summed E-state index contributed by atoms with van der Waals surface area (Å²) in [6.07, 6.45) is -0.600. The minimum absolute atomic E-state index is 0.0235. The number of ether oxygens (including phenoxy) is 1. The minimum Gasteiger partial charge on any atom is -0.478 e. The van der Waals surface area contributed by atoms with Crippen LogP contribution in [0.1, 0.15) is 27.4 Å². The number of halogens is 1. The average Bonchev–Trinajstić information content (AvgIpc) is 3.05. The van der Waals surface area contributed by atoms with Crippen LogP contribution >= 0.6 is 15.9 Å². The van der Waals surface area contributed by atoms with E-state index in [1.165, 1.54) is 18.0 Å². The maximum absolute atomic E-state index is 12.7. The van der Waals surface area contributed by atoms with Gasteiger partial charge in [-0.2, -0.15) is 0 Å². The topological polar surface area (TPSA) is 66.8 Å². The third-order valence-corrected chi connectivity index (χ3v) is 5.65. The van der Waals surface area contributed by atoms with Crippen LogP contribution in [0.2, 0.25) is 0 Å². The quantitative estimate of drug-likeness (QED) is 0.565. The second kappa shape index (κ2) is 7.72. The van der Waals surface area contributed by atoms with Crippen LogP contribution in [-0.2, 0) is 4.74 Å². The zero-order valence-corrected chi connectivity index (χ0v) is 17.2. The molecule has 0 spiro atoms. The Kier molecular flexibility index (Phi) is 5.11. The van der Waals surface area contributed by atoms with Gasteiger partial charge in [0.1, 0.15) is 6.61 Å². The number of hydrogen-bond acceptors (Lipinski definition) is 3. The van der Waals surface area contributed by atoms with Gasteiger partial charge in [-0.05, 0) is 40.5 Å². The van der Waals surface area contributed by atoms with Gasteiger partial charge >= 0.3 is 12.1 Å². The zero-order chi connectivity index (χ0) is 20.5. The maximum atomic E-state index is 12.7. The first-order chi connectivity index (χ1) is 14.0. The van der Waals surface area contributed by atoms with Crippen LogP contribution in [0.15, 0.2) is 71.2 Å². The number of aromatic carboxylic acids is 1. The number of benzene rings is 3. The molecule has 6 heteroatoms. The molecule has 146 valence electrons. The van der Waals surface area contributed by atoms with Gasteiger partial charge in [-0.25, -0.2) is 9.59 Å². The summed E-state index contributed by atoms with van der Waals surface area (Å²) in [6, 6.07) is 20.9. The summed E-state index contributed by atoms with van der Waals surface area (Å²) in [5.41, 5.74) is 4.85. The van der Waals surface area contributed by atoms with E-state index >= 15 is 0 Å². The summed E-state index contributed by atoms with van der Waals surface area (Å²) in [5, 5.41) is 9.44. The van der Waals surface area contributed by atoms with E-state index in [0.717, 1.165) is 22.3 Å². The molecule has 4 rings (SSSR count). The van der Waals surface area contributed by atoms with Gasteiger partial charge in [0, 0.05) is 17.4 Å². The second-order valence-corrected chi connectivity index (χ2v) is 7.75. The molecule has 0 saturated heterocycles. The third-order valence-electron chi connectivity index (χ3n) is 5.16. The molecule has 5 nitrogen and oxygen atoms in total. The van der Waals surface area contributed by atoms with E-state index in [1.807, 2.05) is 24.3 Å². The van der Waals surface area contributed by atoms with Crippen LogP contribution in [0.5, 0.6) is 0 Å². The van der Waals surface area contributed by atoms with Crippen molar-refractivity contribution in [3.05, 3.63) is 87.9 Å². The summed E-state index contributed by atoms with van der Waals surface area (Å²) in [5.74, 6) is -1.16. The first-order valence-corrected chi connectivity index (χ1v) is 9.88. The Balaban J connectivity index is 1.56. The van der Waals surface area contributed by atoms with Crippen LogP contribution in [0.25, 0.3) is 11.1 Å². The average molecular weight is 452 g/mol. The number of rotatable bonds is 4. The van der Waals surface area contributed by atoms with Crippen molar-refractivity contribution < 1.29 is 19.4 Å². The molecule has 0 radical (unpaired) electrons. The SMILES string of the molecule is CN(C(=O)OCC1c2ccccc2-c2ccccc21)c1ccc(Br)cc1C(=O)O. The van der Waals surface area contributed by atoms with Gasteiger partial charge in [0.25, 0.3) is 0 Å². The Hall–Kier alpha value is -3.12. The van der Waals surface area contributed by atoms with Crippen LogP contribution in [-0.4, -0.2) is 30.8 Å². The number of hydrogen-bond donors (Lipinski definition) is 1. The van der Waals surface area contributed by atoms with Gasteiger partial charge in [0.15, 0.2) is 0 Å². The second-order valence-electron chi connectivity index (χ2n) is 6.83. The molecule has 3 aromatic carbocycles. The van der Waals surface area contributed by atoms with Crippen LogP contribution in [0.4, 0.5) is 10.5 Å². The molecule has 1 N–H and O–H groups in total. The van der Waals surface area contributed by atoms with E-state index in [-0.39, 0.29) is 23.8 Å². The van der Waals surface area contributed by atoms with E-state index in [1.54, 1.807) is 12.1 Å². The van der Waals surface area contributed by atoms with Crippen LogP contribution < -0.4 is 4.90 Å². The highest BCUT2D eigenvalue weighted by Crippen LogP contribution is 2.44. The van der Waals surface area contributed by atoms with Crippen molar-refractivity contribution in [1.82, 2.24) is 0 Å². The lowest BCUT2D eigenvalue weighted by Gasteiger charge is -2.21. The Morgan fingerprint density at radius 1 is 1.00 bits per heavy atom. The number of carbonyl (C=O) groups excluding carboxylic acids is 1. The minimum atomic E-state index is -1.11. The number of carboxylic acids is 1. The predicted molar refractivity (Wildman–Crippen MR) is 115 cm³/mol. The highest BCUT2D eigenvalue weighted by atomic mass is 79.9. The Morgan fingerprint density at radius 2 is 1.59 bits per heavy atom.